The number of aliphatic imine (C=N–C) groups is 2. The van der Waals surface area contributed by atoms with Crippen LogP contribution in [-0.4, -0.2) is 232 Å². The van der Waals surface area contributed by atoms with Gasteiger partial charge in [-0.25, -0.2) is 0 Å². The van der Waals surface area contributed by atoms with Gasteiger partial charge >= 0.3 is 5.97 Å². The first-order valence-corrected chi connectivity index (χ1v) is 44.3. The average Bonchev–Trinajstić information content (AvgIpc) is 1.59. The van der Waals surface area contributed by atoms with Crippen molar-refractivity contribution in [2.45, 2.75) is 66.5 Å². The number of rotatable bonds is 8. The number of thiophene rings is 2. The zero-order valence-electron chi connectivity index (χ0n) is 72.7. The van der Waals surface area contributed by atoms with Crippen LogP contribution >= 0.6 is 45.9 Å². The molecule has 11 aromatic rings. The monoisotopic (exact) mass is 1860 g/mol. The molecule has 130 heavy (non-hydrogen) atoms. The number of nitrogens with one attached hydrogen (secondary N) is 1. The van der Waals surface area contributed by atoms with Gasteiger partial charge in [-0.15, -0.1) is 43.1 Å². The summed E-state index contributed by atoms with van der Waals surface area (Å²) in [5.74, 6) is 6.08. The van der Waals surface area contributed by atoms with Crippen LogP contribution in [-0.2, 0) is 47.5 Å². The number of nitrogens with zero attached hydrogens (tertiary/aromatic N) is 9. The summed E-state index contributed by atoms with van der Waals surface area (Å²) in [4.78, 5) is 47.7. The number of nitro groups is 1. The predicted molar refractivity (Wildman–Crippen MR) is 489 cm³/mol. The van der Waals surface area contributed by atoms with Crippen LogP contribution in [0.4, 0.5) is 17.1 Å². The standard InChI is InChI=1S/C31H32ClN5O5S.C19H17ClN4O2S.C12H15NO6.C12H17NO4.C12H16O4.C6H6O2/c1-18-19(2)43-31-28(18)29(21-4-6-22(32)7-5-21)34-24(30-36-35-20(3)37(30)31)17-27(38)33-23-8-9-25-26(16-23)42-15-13-40-11-10-39-12-14-41-25;1-9-10(2)27-19-16(9)17(12-4-6-13(20)7-5-12)21-14(8-15(25)26)18-23-22-11(3)24(18)19;14-13(15)10-1-2-11-12(9-10)19-8-6-17-4-3-16-5-7-18-11;13-10-1-2-11-12(9-10)17-8-6-15-4-3-14-5-7-16-11;1-2-4-12-11(3-1)15-9-7-13-5-6-14-8-10-16-12;7-5-3-1-2-4-6(5)8/h4-9,16,24H,10-15,17H2,1-3H3,(H,33,38);4-7,14H,8H2,1-3H3,(H,25,26);1-2,9H,3-8H2;1-2,9H,3-8,13H2;1-4H,5-10H2;1-4,7-8H/t24-;14-;;;;/m00..../s1. The zero-order valence-corrected chi connectivity index (χ0v) is 75.8. The third-order valence-electron chi connectivity index (χ3n) is 19.9. The first-order valence-electron chi connectivity index (χ1n) is 41.9. The van der Waals surface area contributed by atoms with E-state index in [2.05, 4.69) is 53.4 Å². The lowest BCUT2D eigenvalue weighted by molar-refractivity contribution is -0.385. The summed E-state index contributed by atoms with van der Waals surface area (Å²) in [5, 5.41) is 61.1. The number of carbonyl (C=O) groups is 2. The van der Waals surface area contributed by atoms with E-state index < -0.39 is 23.0 Å². The van der Waals surface area contributed by atoms with Crippen molar-refractivity contribution in [3.63, 3.8) is 0 Å². The lowest BCUT2D eigenvalue weighted by Gasteiger charge is -2.17. The normalized spacial score (nSPS) is 16.5. The minimum atomic E-state index is -0.926. The zero-order chi connectivity index (χ0) is 91.7. The van der Waals surface area contributed by atoms with Gasteiger partial charge in [0.1, 0.15) is 86.6 Å². The molecule has 10 heterocycles. The number of carboxylic acid groups (broad SMARTS) is 1. The van der Waals surface area contributed by atoms with Crippen molar-refractivity contribution >= 4 is 86.2 Å². The summed E-state index contributed by atoms with van der Waals surface area (Å²) in [6, 6.07) is 42.6. The van der Waals surface area contributed by atoms with Crippen molar-refractivity contribution < 1.29 is 106 Å². The third-order valence-corrected chi connectivity index (χ3v) is 22.8. The Kier molecular flexibility index (Phi) is 37.1. The van der Waals surface area contributed by atoms with Crippen LogP contribution in [0.15, 0.2) is 162 Å². The number of hydrogen-bond donors (Lipinski definition) is 5. The van der Waals surface area contributed by atoms with Gasteiger partial charge in [0.15, 0.2) is 69.1 Å². The Morgan fingerprint density at radius 1 is 0.431 bits per heavy atom. The van der Waals surface area contributed by atoms with E-state index in [1.807, 2.05) is 95.8 Å². The first kappa shape index (κ1) is 97.0. The van der Waals surface area contributed by atoms with Gasteiger partial charge in [-0.3, -0.25) is 38.8 Å². The topological polar surface area (TPSA) is 410 Å². The van der Waals surface area contributed by atoms with Crippen LogP contribution in [0.25, 0.3) is 10.0 Å². The largest absolute Gasteiger partial charge is 0.504 e. The summed E-state index contributed by atoms with van der Waals surface area (Å²) in [6.45, 7) is 23.8. The summed E-state index contributed by atoms with van der Waals surface area (Å²) < 4.78 is 91.9. The van der Waals surface area contributed by atoms with E-state index in [0.29, 0.717) is 226 Å². The predicted octanol–water partition coefficient (Wildman–Crippen LogP) is 15.0. The molecular weight excluding hydrogens is 1760 g/mol. The van der Waals surface area contributed by atoms with Gasteiger partial charge in [0.2, 0.25) is 5.91 Å². The highest BCUT2D eigenvalue weighted by molar-refractivity contribution is 7.15. The third kappa shape index (κ3) is 27.8. The van der Waals surface area contributed by atoms with Gasteiger partial charge in [0, 0.05) is 71.6 Å². The molecule has 34 nitrogen and oxygen atoms in total. The highest BCUT2D eigenvalue weighted by Gasteiger charge is 2.35. The Balaban J connectivity index is 0.000000152. The molecule has 690 valence electrons. The molecule has 0 bridgehead atoms. The molecule has 0 unspecified atom stereocenters. The van der Waals surface area contributed by atoms with Crippen molar-refractivity contribution in [1.29, 1.82) is 0 Å². The highest BCUT2D eigenvalue weighted by atomic mass is 35.5. The van der Waals surface area contributed by atoms with Crippen molar-refractivity contribution in [2.75, 3.05) is 170 Å². The number of carbonyl (C=O) groups excluding carboxylic acids is 1. The van der Waals surface area contributed by atoms with Crippen LogP contribution in [0.5, 0.6) is 57.5 Å². The molecule has 0 fully saturated rings. The van der Waals surface area contributed by atoms with Gasteiger partial charge in [-0.05, 0) is 132 Å². The van der Waals surface area contributed by atoms with Crippen molar-refractivity contribution in [3.8, 4) is 67.5 Å². The van der Waals surface area contributed by atoms with Gasteiger partial charge in [-0.1, -0.05) is 71.7 Å². The molecule has 6 aliphatic rings. The van der Waals surface area contributed by atoms with Crippen LogP contribution in [0.3, 0.4) is 0 Å². The highest BCUT2D eigenvalue weighted by Crippen LogP contribution is 2.43. The molecular formula is C92H103Cl2N11O23S2. The molecule has 6 N–H and O–H groups in total. The summed E-state index contributed by atoms with van der Waals surface area (Å²) in [7, 11) is 0. The van der Waals surface area contributed by atoms with E-state index in [9.17, 15) is 24.8 Å². The minimum Gasteiger partial charge on any atom is -0.504 e. The van der Waals surface area contributed by atoms with Crippen molar-refractivity contribution in [1.82, 2.24) is 29.5 Å². The number of nitro benzene ring substituents is 1. The number of aromatic nitrogens is 6. The van der Waals surface area contributed by atoms with E-state index >= 15 is 0 Å². The number of aryl methyl sites for hydroxylation is 4. The Morgan fingerprint density at radius 3 is 1.14 bits per heavy atom. The molecule has 2 atom stereocenters. The fourth-order valence-corrected chi connectivity index (χ4v) is 16.0. The fourth-order valence-electron chi connectivity index (χ4n) is 13.4. The molecule has 1 amide bonds. The van der Waals surface area contributed by atoms with Crippen molar-refractivity contribution in [2.24, 2.45) is 9.98 Å². The fraction of sp³-hybridized carbons (Fsp3) is 0.370. The number of para-hydroxylation sites is 4. The van der Waals surface area contributed by atoms with Gasteiger partial charge < -0.3 is 102 Å². The lowest BCUT2D eigenvalue weighted by Crippen LogP contribution is -2.18. The number of ether oxygens (including phenoxy) is 16. The Hall–Kier alpha value is -12.0. The molecule has 0 saturated carbocycles. The number of hydrogen-bond acceptors (Lipinski definition) is 31. The van der Waals surface area contributed by atoms with E-state index in [0.717, 1.165) is 78.0 Å². The molecule has 7 aromatic carbocycles. The number of amides is 1. The van der Waals surface area contributed by atoms with E-state index in [1.165, 1.54) is 40.1 Å². The molecule has 6 aliphatic heterocycles. The SMILES string of the molecule is Cc1sc2c(c1C)C(c1ccc(Cl)cc1)=N[C@@H](CC(=O)Nc1ccc3c(c1)OCCOCCOCCO3)c1nnc(C)n1-2.Cc1sc2c(c1C)C(c1ccc(Cl)cc1)=N[C@@H](CC(=O)O)c1nnc(C)n1-2.Nc1ccc2c(c1)OCCOCCOCCO2.O=[N+]([O-])c1ccc2c(c1)OCCOCCOCCO2.Oc1ccccc1O.c1ccc2c(c1)OCCOCCOCCO2. The summed E-state index contributed by atoms with van der Waals surface area (Å²) in [6.07, 6.45) is -0.0932. The number of carboxylic acids is 1. The number of benzene rings is 7. The molecule has 38 heteroatoms. The van der Waals surface area contributed by atoms with Gasteiger partial charge in [-0.2, -0.15) is 0 Å². The van der Waals surface area contributed by atoms with Crippen molar-refractivity contribution in [3.05, 3.63) is 238 Å². The summed E-state index contributed by atoms with van der Waals surface area (Å²) >= 11 is 15.6. The second-order valence-corrected chi connectivity index (χ2v) is 32.3. The lowest BCUT2D eigenvalue weighted by atomic mass is 9.99. The van der Waals surface area contributed by atoms with Gasteiger partial charge in [0.05, 0.1) is 141 Å². The average molecular weight is 1870 g/mol. The number of phenolic OH excluding ortho intramolecular Hbond substituents is 2. The number of nitrogens with two attached hydrogens (primary N) is 1. The maximum atomic E-state index is 13.5. The Labute approximate surface area is 768 Å². The van der Waals surface area contributed by atoms with Crippen LogP contribution in [0.2, 0.25) is 10.0 Å². The number of aliphatic carboxylic acids is 1. The molecule has 0 aliphatic carbocycles. The Bertz CT molecular complexity index is 5570. The van der Waals surface area contributed by atoms with E-state index in [-0.39, 0.29) is 35.9 Å². The first-order chi connectivity index (χ1) is 63.2. The van der Waals surface area contributed by atoms with Gasteiger partial charge in [0.25, 0.3) is 5.69 Å². The quantitative estimate of drug-likeness (QED) is 0.0408. The number of halogens is 2. The van der Waals surface area contributed by atoms with E-state index in [4.69, 9.17) is 125 Å². The number of fused-ring (bicyclic) bond motifs is 10. The maximum Gasteiger partial charge on any atom is 0.306 e. The number of non-ortho nitro benzene ring substituents is 1. The number of phenols is 2. The number of aromatic hydroxyl groups is 2. The number of nitrogen functional groups attached to an aromatic ring is 1. The molecule has 0 spiro atoms. The number of anilines is 2. The van der Waals surface area contributed by atoms with Crippen LogP contribution in [0.1, 0.15) is 91.4 Å². The van der Waals surface area contributed by atoms with Crippen LogP contribution < -0.4 is 48.9 Å². The second kappa shape index (κ2) is 49.7. The molecule has 0 radical (unpaired) electrons. The maximum absolute atomic E-state index is 13.5. The molecule has 4 aromatic heterocycles. The minimum absolute atomic E-state index is 0.0355. The van der Waals surface area contributed by atoms with E-state index in [1.54, 1.807) is 71.2 Å². The molecule has 0 saturated heterocycles. The Morgan fingerprint density at radius 2 is 0.762 bits per heavy atom. The second-order valence-electron chi connectivity index (χ2n) is 29.0. The van der Waals surface area contributed by atoms with Crippen LogP contribution in [0, 0.1) is 51.7 Å². The summed E-state index contributed by atoms with van der Waals surface area (Å²) in [5.41, 5.74) is 14.5. The smallest absolute Gasteiger partial charge is 0.306 e. The molecule has 17 rings (SSSR count).